The molecule has 1 fully saturated rings. The summed E-state index contributed by atoms with van der Waals surface area (Å²) in [6, 6.07) is 9.61. The van der Waals surface area contributed by atoms with Crippen LogP contribution in [-0.2, 0) is 24.9 Å². The number of benzene rings is 1. The second-order valence-electron chi connectivity index (χ2n) is 7.81. The first-order valence-corrected chi connectivity index (χ1v) is 9.54. The Bertz CT molecular complexity index is 989. The molecule has 134 valence electrons. The van der Waals surface area contributed by atoms with E-state index in [1.165, 1.54) is 28.2 Å². The quantitative estimate of drug-likeness (QED) is 0.631. The Kier molecular flexibility index (Phi) is 3.63. The molecule has 0 atom stereocenters. The minimum absolute atomic E-state index is 0.0794. The first kappa shape index (κ1) is 16.3. The maximum Gasteiger partial charge on any atom is 0.212 e. The Morgan fingerprint density at radius 3 is 2.81 bits per heavy atom. The van der Waals surface area contributed by atoms with Crippen molar-refractivity contribution in [2.24, 2.45) is 0 Å². The number of hydrogen-bond acceptors (Lipinski definition) is 2. The van der Waals surface area contributed by atoms with Crippen LogP contribution in [0.3, 0.4) is 0 Å². The smallest absolute Gasteiger partial charge is 0.212 e. The standard InChI is InChI=1S/C21H21ClFN3/c1-25-9-6-16-17-10-15(22)3-4-18(17)26(19(16)12-25)13-21(7-8-21)14-2-5-20(23)24-11-14/h2-5,10-11H,6-9,12-13H2,1H3. The monoisotopic (exact) mass is 369 g/mol. The summed E-state index contributed by atoms with van der Waals surface area (Å²) in [7, 11) is 2.18. The van der Waals surface area contributed by atoms with E-state index in [1.807, 2.05) is 12.1 Å². The van der Waals surface area contributed by atoms with E-state index in [0.717, 1.165) is 49.5 Å². The second-order valence-corrected chi connectivity index (χ2v) is 8.25. The van der Waals surface area contributed by atoms with Crippen molar-refractivity contribution in [3.05, 3.63) is 64.3 Å². The average Bonchev–Trinajstić information content (AvgIpc) is 3.35. The van der Waals surface area contributed by atoms with Crippen LogP contribution >= 0.6 is 11.6 Å². The zero-order valence-electron chi connectivity index (χ0n) is 14.8. The molecule has 5 heteroatoms. The molecule has 26 heavy (non-hydrogen) atoms. The van der Waals surface area contributed by atoms with E-state index < -0.39 is 5.95 Å². The van der Waals surface area contributed by atoms with Crippen LogP contribution in [0, 0.1) is 5.95 Å². The van der Waals surface area contributed by atoms with Crippen molar-refractivity contribution in [2.75, 3.05) is 13.6 Å². The molecule has 0 saturated heterocycles. The Labute approximate surface area is 157 Å². The van der Waals surface area contributed by atoms with Crippen molar-refractivity contribution in [3.63, 3.8) is 0 Å². The topological polar surface area (TPSA) is 21.1 Å². The fourth-order valence-electron chi connectivity index (χ4n) is 4.41. The van der Waals surface area contributed by atoms with Crippen LogP contribution in [-0.4, -0.2) is 28.0 Å². The Hall–Kier alpha value is -1.91. The molecule has 1 aliphatic heterocycles. The summed E-state index contributed by atoms with van der Waals surface area (Å²) < 4.78 is 15.7. The van der Waals surface area contributed by atoms with Gasteiger partial charge in [0.05, 0.1) is 0 Å². The summed E-state index contributed by atoms with van der Waals surface area (Å²) in [5.74, 6) is -0.412. The number of likely N-dealkylation sites (N-methyl/N-ethyl adjacent to an activating group) is 1. The third-order valence-electron chi connectivity index (χ3n) is 6.07. The maximum atomic E-state index is 13.3. The fraction of sp³-hybridized carbons (Fsp3) is 0.381. The van der Waals surface area contributed by atoms with Crippen LogP contribution in [0.15, 0.2) is 36.5 Å². The predicted molar refractivity (Wildman–Crippen MR) is 102 cm³/mol. The normalized spacial score (nSPS) is 18.9. The van der Waals surface area contributed by atoms with Crippen LogP contribution in [0.2, 0.25) is 5.02 Å². The molecule has 3 aromatic rings. The number of rotatable bonds is 3. The van der Waals surface area contributed by atoms with E-state index in [2.05, 4.69) is 33.6 Å². The zero-order chi connectivity index (χ0) is 17.9. The molecule has 1 aromatic carbocycles. The van der Waals surface area contributed by atoms with Gasteiger partial charge in [0.25, 0.3) is 0 Å². The van der Waals surface area contributed by atoms with Gasteiger partial charge in [0.15, 0.2) is 0 Å². The predicted octanol–water partition coefficient (Wildman–Crippen LogP) is 4.55. The van der Waals surface area contributed by atoms with Gasteiger partial charge in [-0.3, -0.25) is 0 Å². The third kappa shape index (κ3) is 2.55. The lowest BCUT2D eigenvalue weighted by Gasteiger charge is -2.26. The number of pyridine rings is 1. The van der Waals surface area contributed by atoms with Gasteiger partial charge in [-0.1, -0.05) is 17.7 Å². The number of nitrogens with zero attached hydrogens (tertiary/aromatic N) is 3. The van der Waals surface area contributed by atoms with E-state index in [9.17, 15) is 4.39 Å². The first-order chi connectivity index (χ1) is 12.6. The molecule has 2 aromatic heterocycles. The van der Waals surface area contributed by atoms with Crippen molar-refractivity contribution in [1.29, 1.82) is 0 Å². The summed E-state index contributed by atoms with van der Waals surface area (Å²) in [5, 5.41) is 2.08. The van der Waals surface area contributed by atoms with Gasteiger partial charge in [0, 0.05) is 52.9 Å². The summed E-state index contributed by atoms with van der Waals surface area (Å²) in [5.41, 5.74) is 5.32. The largest absolute Gasteiger partial charge is 0.342 e. The second kappa shape index (κ2) is 5.80. The van der Waals surface area contributed by atoms with Crippen molar-refractivity contribution < 1.29 is 4.39 Å². The van der Waals surface area contributed by atoms with E-state index in [1.54, 1.807) is 6.20 Å². The molecule has 0 unspecified atom stereocenters. The lowest BCUT2D eigenvalue weighted by molar-refractivity contribution is 0.301. The van der Waals surface area contributed by atoms with Crippen molar-refractivity contribution in [1.82, 2.24) is 14.5 Å². The molecule has 0 bridgehead atoms. The van der Waals surface area contributed by atoms with Crippen molar-refractivity contribution >= 4 is 22.5 Å². The van der Waals surface area contributed by atoms with E-state index in [-0.39, 0.29) is 5.41 Å². The average molecular weight is 370 g/mol. The number of fused-ring (bicyclic) bond motifs is 3. The Balaban J connectivity index is 1.63. The molecule has 3 heterocycles. The summed E-state index contributed by atoms with van der Waals surface area (Å²) >= 11 is 6.29. The fourth-order valence-corrected chi connectivity index (χ4v) is 4.58. The van der Waals surface area contributed by atoms with Crippen molar-refractivity contribution in [3.8, 4) is 0 Å². The van der Waals surface area contributed by atoms with Crippen LogP contribution < -0.4 is 0 Å². The molecule has 0 amide bonds. The molecule has 0 N–H and O–H groups in total. The maximum absolute atomic E-state index is 13.3. The van der Waals surface area contributed by atoms with Gasteiger partial charge in [-0.05, 0) is 61.7 Å². The highest BCUT2D eigenvalue weighted by atomic mass is 35.5. The molecule has 0 radical (unpaired) electrons. The van der Waals surface area contributed by atoms with Crippen LogP contribution in [0.25, 0.3) is 10.9 Å². The van der Waals surface area contributed by atoms with Crippen LogP contribution in [0.5, 0.6) is 0 Å². The minimum Gasteiger partial charge on any atom is -0.342 e. The molecule has 5 rings (SSSR count). The Morgan fingerprint density at radius 1 is 1.23 bits per heavy atom. The summed E-state index contributed by atoms with van der Waals surface area (Å²) in [6.07, 6.45) is 5.01. The molecule has 3 nitrogen and oxygen atoms in total. The minimum atomic E-state index is -0.412. The lowest BCUT2D eigenvalue weighted by atomic mass is 9.97. The van der Waals surface area contributed by atoms with Crippen LogP contribution in [0.4, 0.5) is 4.39 Å². The summed E-state index contributed by atoms with van der Waals surface area (Å²) in [4.78, 5) is 6.26. The zero-order valence-corrected chi connectivity index (χ0v) is 15.6. The number of hydrogen-bond donors (Lipinski definition) is 0. The van der Waals surface area contributed by atoms with Gasteiger partial charge in [-0.15, -0.1) is 0 Å². The van der Waals surface area contributed by atoms with E-state index >= 15 is 0 Å². The van der Waals surface area contributed by atoms with E-state index in [4.69, 9.17) is 11.6 Å². The van der Waals surface area contributed by atoms with Gasteiger partial charge < -0.3 is 9.47 Å². The highest BCUT2D eigenvalue weighted by Gasteiger charge is 2.45. The lowest BCUT2D eigenvalue weighted by Crippen LogP contribution is -2.29. The third-order valence-corrected chi connectivity index (χ3v) is 6.30. The van der Waals surface area contributed by atoms with Crippen LogP contribution in [0.1, 0.15) is 29.7 Å². The van der Waals surface area contributed by atoms with Gasteiger partial charge >= 0.3 is 0 Å². The Morgan fingerprint density at radius 2 is 2.08 bits per heavy atom. The highest BCUT2D eigenvalue weighted by Crippen LogP contribution is 2.50. The molecule has 1 saturated carbocycles. The highest BCUT2D eigenvalue weighted by molar-refractivity contribution is 6.31. The van der Waals surface area contributed by atoms with Gasteiger partial charge in [0.2, 0.25) is 5.95 Å². The molecular weight excluding hydrogens is 349 g/mol. The van der Waals surface area contributed by atoms with Gasteiger partial charge in [-0.25, -0.2) is 4.98 Å². The van der Waals surface area contributed by atoms with Gasteiger partial charge in [-0.2, -0.15) is 4.39 Å². The SMILES string of the molecule is CN1CCc2c(n(CC3(c4ccc(F)nc4)CC3)c3ccc(Cl)cc23)C1. The molecule has 0 spiro atoms. The summed E-state index contributed by atoms with van der Waals surface area (Å²) in [6.45, 7) is 2.95. The van der Waals surface area contributed by atoms with Gasteiger partial charge in [0.1, 0.15) is 0 Å². The molecular formula is C21H21ClFN3. The number of aromatic nitrogens is 2. The number of halogens is 2. The van der Waals surface area contributed by atoms with Crippen molar-refractivity contribution in [2.45, 2.75) is 37.8 Å². The molecule has 1 aliphatic carbocycles. The molecule has 2 aliphatic rings. The van der Waals surface area contributed by atoms with E-state index in [0.29, 0.717) is 0 Å². The first-order valence-electron chi connectivity index (χ1n) is 9.16.